The fourth-order valence-electron chi connectivity index (χ4n) is 5.26. The molecule has 3 fully saturated rings. The fourth-order valence-corrected chi connectivity index (χ4v) is 5.26. The molecule has 0 radical (unpaired) electrons. The molecular weight excluding hydrogens is 204 g/mol. The Morgan fingerprint density at radius 3 is 2.12 bits per heavy atom. The minimum Gasteiger partial charge on any atom is -0.0651 e. The highest BCUT2D eigenvalue weighted by molar-refractivity contribution is 4.91. The van der Waals surface area contributed by atoms with Gasteiger partial charge in [-0.2, -0.15) is 0 Å². The Kier molecular flexibility index (Phi) is 3.78. The Balaban J connectivity index is 1.56. The molecule has 0 aromatic carbocycles. The average molecular weight is 234 g/mol. The molecule has 0 N–H and O–H groups in total. The molecule has 0 nitrogen and oxygen atoms in total. The third-order valence-electron chi connectivity index (χ3n) is 6.35. The van der Waals surface area contributed by atoms with E-state index in [2.05, 4.69) is 6.92 Å². The minimum absolute atomic E-state index is 1.08. The van der Waals surface area contributed by atoms with Crippen molar-refractivity contribution in [2.45, 2.75) is 77.6 Å². The van der Waals surface area contributed by atoms with Crippen molar-refractivity contribution in [1.29, 1.82) is 0 Å². The third-order valence-corrected chi connectivity index (χ3v) is 6.35. The predicted molar refractivity (Wildman–Crippen MR) is 73.9 cm³/mol. The molecule has 98 valence electrons. The molecule has 3 saturated carbocycles. The van der Waals surface area contributed by atoms with E-state index >= 15 is 0 Å². The fraction of sp³-hybridized carbons (Fsp3) is 1.00. The molecule has 0 heterocycles. The molecule has 3 aliphatic carbocycles. The van der Waals surface area contributed by atoms with E-state index in [1.807, 2.05) is 0 Å². The van der Waals surface area contributed by atoms with Crippen molar-refractivity contribution >= 4 is 0 Å². The molecule has 0 amide bonds. The van der Waals surface area contributed by atoms with Gasteiger partial charge in [-0.25, -0.2) is 0 Å². The van der Waals surface area contributed by atoms with Crippen LogP contribution in [0.4, 0.5) is 0 Å². The van der Waals surface area contributed by atoms with E-state index in [4.69, 9.17) is 0 Å². The summed E-state index contributed by atoms with van der Waals surface area (Å²) in [7, 11) is 0. The molecule has 0 spiro atoms. The first-order valence-corrected chi connectivity index (χ1v) is 8.36. The molecule has 0 aliphatic heterocycles. The smallest absolute Gasteiger partial charge is 0.0380 e. The Morgan fingerprint density at radius 2 is 1.35 bits per heavy atom. The van der Waals surface area contributed by atoms with Crippen LogP contribution in [0.25, 0.3) is 0 Å². The van der Waals surface area contributed by atoms with Gasteiger partial charge >= 0.3 is 0 Å². The first-order chi connectivity index (χ1) is 8.36. The molecule has 0 bridgehead atoms. The van der Waals surface area contributed by atoms with Crippen LogP contribution in [0.1, 0.15) is 77.6 Å². The molecule has 3 rings (SSSR count). The highest BCUT2D eigenvalue weighted by atomic mass is 14.5. The maximum atomic E-state index is 2.40. The Morgan fingerprint density at radius 1 is 0.647 bits per heavy atom. The highest BCUT2D eigenvalue weighted by Gasteiger charge is 2.40. The lowest BCUT2D eigenvalue weighted by Gasteiger charge is -2.31. The summed E-state index contributed by atoms with van der Waals surface area (Å²) < 4.78 is 0. The van der Waals surface area contributed by atoms with Gasteiger partial charge in [0.25, 0.3) is 0 Å². The van der Waals surface area contributed by atoms with Crippen LogP contribution in [0.2, 0.25) is 0 Å². The van der Waals surface area contributed by atoms with Gasteiger partial charge in [0.1, 0.15) is 0 Å². The van der Waals surface area contributed by atoms with Crippen LogP contribution in [-0.4, -0.2) is 0 Å². The summed E-state index contributed by atoms with van der Waals surface area (Å²) in [6, 6.07) is 0. The van der Waals surface area contributed by atoms with Gasteiger partial charge in [-0.05, 0) is 55.3 Å². The van der Waals surface area contributed by atoms with Crippen molar-refractivity contribution in [3.8, 4) is 0 Å². The van der Waals surface area contributed by atoms with Gasteiger partial charge in [0.05, 0.1) is 0 Å². The van der Waals surface area contributed by atoms with Crippen molar-refractivity contribution in [2.75, 3.05) is 0 Å². The largest absolute Gasteiger partial charge is 0.0651 e. The van der Waals surface area contributed by atoms with Gasteiger partial charge in [-0.1, -0.05) is 51.9 Å². The summed E-state index contributed by atoms with van der Waals surface area (Å²) in [5.41, 5.74) is 0. The van der Waals surface area contributed by atoms with Crippen molar-refractivity contribution in [2.24, 2.45) is 29.6 Å². The number of hydrogen-bond donors (Lipinski definition) is 0. The summed E-state index contributed by atoms with van der Waals surface area (Å²) in [4.78, 5) is 0. The van der Waals surface area contributed by atoms with Crippen LogP contribution >= 0.6 is 0 Å². The minimum atomic E-state index is 1.08. The first kappa shape index (κ1) is 12.1. The molecule has 4 unspecified atom stereocenters. The zero-order valence-electron chi connectivity index (χ0n) is 11.7. The maximum Gasteiger partial charge on any atom is -0.0380 e. The van der Waals surface area contributed by atoms with Crippen LogP contribution in [-0.2, 0) is 0 Å². The van der Waals surface area contributed by atoms with E-state index in [-0.39, 0.29) is 0 Å². The van der Waals surface area contributed by atoms with Crippen LogP contribution in [0.5, 0.6) is 0 Å². The Hall–Kier alpha value is 0. The van der Waals surface area contributed by atoms with Crippen molar-refractivity contribution < 1.29 is 0 Å². The van der Waals surface area contributed by atoms with E-state index in [0.29, 0.717) is 0 Å². The van der Waals surface area contributed by atoms with Crippen LogP contribution in [0.15, 0.2) is 0 Å². The number of rotatable bonds is 2. The molecule has 0 aromatic heterocycles. The lowest BCUT2D eigenvalue weighted by atomic mass is 9.75. The van der Waals surface area contributed by atoms with E-state index < -0.39 is 0 Å². The Bertz CT molecular complexity index is 238. The summed E-state index contributed by atoms with van der Waals surface area (Å²) in [5.74, 6) is 5.64. The summed E-state index contributed by atoms with van der Waals surface area (Å²) in [5, 5.41) is 0. The molecule has 4 atom stereocenters. The quantitative estimate of drug-likeness (QED) is 0.598. The van der Waals surface area contributed by atoms with Crippen molar-refractivity contribution in [3.05, 3.63) is 0 Å². The second-order valence-corrected chi connectivity index (χ2v) is 7.24. The van der Waals surface area contributed by atoms with E-state index in [1.165, 1.54) is 25.7 Å². The van der Waals surface area contributed by atoms with Crippen LogP contribution < -0.4 is 0 Å². The molecule has 3 aliphatic rings. The molecular formula is C17H30. The van der Waals surface area contributed by atoms with Gasteiger partial charge in [0.15, 0.2) is 0 Å². The summed E-state index contributed by atoms with van der Waals surface area (Å²) in [6.45, 7) is 2.40. The Labute approximate surface area is 108 Å². The van der Waals surface area contributed by atoms with Gasteiger partial charge in [-0.3, -0.25) is 0 Å². The SMILES string of the molecule is CCC1CCC2CC(C3CCCCC3)CC2C1. The molecule has 0 heteroatoms. The van der Waals surface area contributed by atoms with Gasteiger partial charge in [0.2, 0.25) is 0 Å². The number of hydrogen-bond acceptors (Lipinski definition) is 0. The van der Waals surface area contributed by atoms with Crippen molar-refractivity contribution in [1.82, 2.24) is 0 Å². The third kappa shape index (κ3) is 2.56. The van der Waals surface area contributed by atoms with E-state index in [0.717, 1.165) is 29.6 Å². The van der Waals surface area contributed by atoms with Crippen LogP contribution in [0, 0.1) is 29.6 Å². The second-order valence-electron chi connectivity index (χ2n) is 7.24. The van der Waals surface area contributed by atoms with Gasteiger partial charge in [-0.15, -0.1) is 0 Å². The zero-order valence-corrected chi connectivity index (χ0v) is 11.7. The van der Waals surface area contributed by atoms with Crippen LogP contribution in [0.3, 0.4) is 0 Å². The predicted octanol–water partition coefficient (Wildman–Crippen LogP) is 5.42. The monoisotopic (exact) mass is 234 g/mol. The standard InChI is InChI=1S/C17H30/c1-2-13-8-9-15-11-17(12-16(15)10-13)14-6-4-3-5-7-14/h13-17H,2-12H2,1H3. The summed E-state index contributed by atoms with van der Waals surface area (Å²) in [6.07, 6.45) is 17.1. The normalized spacial score (nSPS) is 43.6. The second kappa shape index (κ2) is 5.33. The molecule has 0 aromatic rings. The maximum absolute atomic E-state index is 2.40. The topological polar surface area (TPSA) is 0 Å². The van der Waals surface area contributed by atoms with Gasteiger partial charge in [0, 0.05) is 0 Å². The van der Waals surface area contributed by atoms with E-state index in [9.17, 15) is 0 Å². The summed E-state index contributed by atoms with van der Waals surface area (Å²) >= 11 is 0. The average Bonchev–Trinajstić information content (AvgIpc) is 2.82. The van der Waals surface area contributed by atoms with E-state index in [1.54, 1.807) is 44.9 Å². The molecule has 0 saturated heterocycles. The zero-order chi connectivity index (χ0) is 11.7. The number of fused-ring (bicyclic) bond motifs is 1. The first-order valence-electron chi connectivity index (χ1n) is 8.36. The lowest BCUT2D eigenvalue weighted by molar-refractivity contribution is 0.204. The lowest BCUT2D eigenvalue weighted by Crippen LogP contribution is -2.20. The van der Waals surface area contributed by atoms with Gasteiger partial charge < -0.3 is 0 Å². The highest BCUT2D eigenvalue weighted by Crippen LogP contribution is 2.51. The molecule has 17 heavy (non-hydrogen) atoms. The van der Waals surface area contributed by atoms with Crippen molar-refractivity contribution in [3.63, 3.8) is 0 Å².